The Labute approximate surface area is 178 Å². The van der Waals surface area contributed by atoms with E-state index in [-0.39, 0.29) is 22.7 Å². The molecule has 0 bridgehead atoms. The van der Waals surface area contributed by atoms with Gasteiger partial charge in [0.05, 0.1) is 30.9 Å². The van der Waals surface area contributed by atoms with Crippen LogP contribution in [0.2, 0.25) is 0 Å². The van der Waals surface area contributed by atoms with Crippen LogP contribution in [0, 0.1) is 17.0 Å². The van der Waals surface area contributed by atoms with Crippen molar-refractivity contribution in [2.75, 3.05) is 19.0 Å². The van der Waals surface area contributed by atoms with Gasteiger partial charge in [-0.25, -0.2) is 0 Å². The van der Waals surface area contributed by atoms with Crippen LogP contribution in [-0.4, -0.2) is 29.5 Å². The molecular weight excluding hydrogens is 402 g/mol. The number of nitrogens with one attached hydrogen (secondary N) is 1. The van der Waals surface area contributed by atoms with Gasteiger partial charge in [-0.2, -0.15) is 0 Å². The van der Waals surface area contributed by atoms with Crippen LogP contribution in [-0.2, 0) is 0 Å². The van der Waals surface area contributed by atoms with Gasteiger partial charge in [-0.15, -0.1) is 0 Å². The second-order valence-electron chi connectivity index (χ2n) is 6.44. The van der Waals surface area contributed by atoms with Crippen molar-refractivity contribution in [2.45, 2.75) is 13.8 Å². The van der Waals surface area contributed by atoms with E-state index in [4.69, 9.17) is 14.2 Å². The number of anilines is 1. The summed E-state index contributed by atoms with van der Waals surface area (Å²) in [6.45, 7) is 3.87. The van der Waals surface area contributed by atoms with Crippen molar-refractivity contribution in [1.82, 2.24) is 4.98 Å². The lowest BCUT2D eigenvalue weighted by Crippen LogP contribution is -2.14. The summed E-state index contributed by atoms with van der Waals surface area (Å²) in [4.78, 5) is 27.7. The minimum absolute atomic E-state index is 0.140. The molecule has 0 unspecified atom stereocenters. The maximum Gasteiger partial charge on any atom is 0.286 e. The Bertz CT molecular complexity index is 1100. The molecule has 1 aromatic heterocycles. The third-order valence-electron chi connectivity index (χ3n) is 4.32. The number of ether oxygens (including phenoxy) is 3. The van der Waals surface area contributed by atoms with Crippen LogP contribution in [0.1, 0.15) is 22.8 Å². The highest BCUT2D eigenvalue weighted by Gasteiger charge is 2.25. The van der Waals surface area contributed by atoms with E-state index in [1.807, 2.05) is 6.92 Å². The average molecular weight is 423 g/mol. The van der Waals surface area contributed by atoms with Crippen molar-refractivity contribution in [1.29, 1.82) is 0 Å². The van der Waals surface area contributed by atoms with Gasteiger partial charge in [0.1, 0.15) is 17.1 Å². The normalized spacial score (nSPS) is 10.3. The molecule has 0 spiro atoms. The molecule has 9 nitrogen and oxygen atoms in total. The largest absolute Gasteiger partial charge is 0.493 e. The topological polar surface area (TPSA) is 113 Å². The highest BCUT2D eigenvalue weighted by Crippen LogP contribution is 2.35. The van der Waals surface area contributed by atoms with Crippen LogP contribution >= 0.6 is 0 Å². The number of methoxy groups -OCH3 is 1. The third-order valence-corrected chi connectivity index (χ3v) is 4.32. The van der Waals surface area contributed by atoms with E-state index in [9.17, 15) is 14.9 Å². The van der Waals surface area contributed by atoms with E-state index >= 15 is 0 Å². The number of rotatable bonds is 8. The summed E-state index contributed by atoms with van der Waals surface area (Å²) in [5.74, 6) is 0.961. The maximum atomic E-state index is 12.8. The number of aryl methyl sites for hydroxylation is 1. The Balaban J connectivity index is 1.85. The van der Waals surface area contributed by atoms with Crippen LogP contribution in [0.5, 0.6) is 23.0 Å². The fourth-order valence-corrected chi connectivity index (χ4v) is 2.88. The van der Waals surface area contributed by atoms with Crippen molar-refractivity contribution in [3.05, 3.63) is 76.1 Å². The van der Waals surface area contributed by atoms with Crippen LogP contribution in [0.3, 0.4) is 0 Å². The highest BCUT2D eigenvalue weighted by molar-refractivity contribution is 6.07. The summed E-state index contributed by atoms with van der Waals surface area (Å²) in [5.41, 5.74) is 0.706. The minimum atomic E-state index is -0.645. The molecule has 0 fully saturated rings. The molecule has 1 amide bonds. The van der Waals surface area contributed by atoms with Crippen molar-refractivity contribution in [3.63, 3.8) is 0 Å². The predicted molar refractivity (Wildman–Crippen MR) is 114 cm³/mol. The number of aromatic nitrogens is 1. The second kappa shape index (κ2) is 9.57. The van der Waals surface area contributed by atoms with E-state index in [0.717, 1.165) is 5.56 Å². The Morgan fingerprint density at radius 2 is 1.97 bits per heavy atom. The number of pyridine rings is 1. The first-order valence-electron chi connectivity index (χ1n) is 9.42. The maximum absolute atomic E-state index is 12.8. The van der Waals surface area contributed by atoms with Gasteiger partial charge in [0.15, 0.2) is 11.5 Å². The lowest BCUT2D eigenvalue weighted by atomic mass is 10.1. The van der Waals surface area contributed by atoms with E-state index in [1.165, 1.54) is 19.2 Å². The van der Waals surface area contributed by atoms with E-state index in [2.05, 4.69) is 10.3 Å². The number of carbonyl (C=O) groups excluding carboxylic acids is 1. The smallest absolute Gasteiger partial charge is 0.286 e. The number of nitro groups is 1. The van der Waals surface area contributed by atoms with Crippen molar-refractivity contribution in [2.24, 2.45) is 0 Å². The standard InChI is InChI=1S/C22H21N3O6/c1-4-30-21-12-18(25(27)28)17(11-20(21)29-3)22(26)24-15-7-8-19(14(2)10-15)31-16-6-5-9-23-13-16/h5-13H,4H2,1-3H3,(H,24,26). The van der Waals surface area contributed by atoms with Gasteiger partial charge in [-0.1, -0.05) is 0 Å². The quantitative estimate of drug-likeness (QED) is 0.411. The molecule has 2 aromatic carbocycles. The summed E-state index contributed by atoms with van der Waals surface area (Å²) < 4.78 is 16.4. The predicted octanol–water partition coefficient (Wildman–Crippen LogP) is 4.75. The molecule has 0 aliphatic rings. The highest BCUT2D eigenvalue weighted by atomic mass is 16.6. The number of carbonyl (C=O) groups is 1. The number of hydrogen-bond acceptors (Lipinski definition) is 7. The second-order valence-corrected chi connectivity index (χ2v) is 6.44. The minimum Gasteiger partial charge on any atom is -0.493 e. The molecule has 1 heterocycles. The average Bonchev–Trinajstić information content (AvgIpc) is 2.76. The lowest BCUT2D eigenvalue weighted by Gasteiger charge is -2.13. The van der Waals surface area contributed by atoms with Crippen molar-refractivity contribution < 1.29 is 23.9 Å². The summed E-state index contributed by atoms with van der Waals surface area (Å²) >= 11 is 0. The van der Waals surface area contributed by atoms with Gasteiger partial charge < -0.3 is 19.5 Å². The van der Waals surface area contributed by atoms with Crippen molar-refractivity contribution >= 4 is 17.3 Å². The summed E-state index contributed by atoms with van der Waals surface area (Å²) in [6, 6.07) is 11.1. The SMILES string of the molecule is CCOc1cc([N+](=O)[O-])c(C(=O)Nc2ccc(Oc3cccnc3)c(C)c2)cc1OC. The molecule has 0 saturated heterocycles. The number of hydrogen-bond donors (Lipinski definition) is 1. The summed E-state index contributed by atoms with van der Waals surface area (Å²) in [6.07, 6.45) is 3.24. The molecule has 0 aliphatic heterocycles. The number of benzene rings is 2. The van der Waals surface area contributed by atoms with Gasteiger partial charge in [0.25, 0.3) is 11.6 Å². The Morgan fingerprint density at radius 1 is 1.16 bits per heavy atom. The molecule has 9 heteroatoms. The lowest BCUT2D eigenvalue weighted by molar-refractivity contribution is -0.385. The van der Waals surface area contributed by atoms with E-state index < -0.39 is 10.8 Å². The molecule has 0 atom stereocenters. The summed E-state index contributed by atoms with van der Waals surface area (Å²) in [7, 11) is 1.40. The van der Waals surface area contributed by atoms with Gasteiger partial charge in [0.2, 0.25) is 0 Å². The molecule has 3 rings (SSSR count). The Hall–Kier alpha value is -4.14. The molecule has 160 valence electrons. The van der Waals surface area contributed by atoms with Crippen LogP contribution in [0.15, 0.2) is 54.9 Å². The number of nitro benzene ring substituents is 1. The molecule has 1 N–H and O–H groups in total. The Morgan fingerprint density at radius 3 is 2.58 bits per heavy atom. The zero-order valence-electron chi connectivity index (χ0n) is 17.2. The molecule has 0 saturated carbocycles. The first-order valence-corrected chi connectivity index (χ1v) is 9.42. The van der Waals surface area contributed by atoms with Crippen LogP contribution in [0.4, 0.5) is 11.4 Å². The van der Waals surface area contributed by atoms with Crippen LogP contribution < -0.4 is 19.5 Å². The third kappa shape index (κ3) is 5.08. The first kappa shape index (κ1) is 21.6. The zero-order valence-corrected chi connectivity index (χ0v) is 17.2. The van der Waals surface area contributed by atoms with Gasteiger partial charge >= 0.3 is 0 Å². The fourth-order valence-electron chi connectivity index (χ4n) is 2.88. The van der Waals surface area contributed by atoms with Gasteiger partial charge in [-0.05, 0) is 49.7 Å². The molecular formula is C22H21N3O6. The Kier molecular flexibility index (Phi) is 6.66. The molecule has 0 aliphatic carbocycles. The number of nitrogens with zero attached hydrogens (tertiary/aromatic N) is 2. The number of amides is 1. The summed E-state index contributed by atoms with van der Waals surface area (Å²) in [5, 5.41) is 14.2. The molecule has 31 heavy (non-hydrogen) atoms. The monoisotopic (exact) mass is 423 g/mol. The van der Waals surface area contributed by atoms with E-state index in [0.29, 0.717) is 23.8 Å². The van der Waals surface area contributed by atoms with Gasteiger partial charge in [0, 0.05) is 18.0 Å². The fraction of sp³-hybridized carbons (Fsp3) is 0.182. The van der Waals surface area contributed by atoms with E-state index in [1.54, 1.807) is 49.6 Å². The van der Waals surface area contributed by atoms with Crippen molar-refractivity contribution in [3.8, 4) is 23.0 Å². The van der Waals surface area contributed by atoms with Crippen LogP contribution in [0.25, 0.3) is 0 Å². The molecule has 3 aromatic rings. The van der Waals surface area contributed by atoms with Gasteiger partial charge in [-0.3, -0.25) is 19.9 Å². The first-order chi connectivity index (χ1) is 14.9. The molecule has 0 radical (unpaired) electrons. The zero-order chi connectivity index (χ0) is 22.4.